The fourth-order valence-electron chi connectivity index (χ4n) is 0.589. The van der Waals surface area contributed by atoms with Crippen LogP contribution in [-0.4, -0.2) is 18.6 Å². The van der Waals surface area contributed by atoms with Crippen LogP contribution < -0.4 is 10.6 Å². The normalized spacial score (nSPS) is 9.80. The molecule has 1 rings (SSSR count). The summed E-state index contributed by atoms with van der Waals surface area (Å²) in [6, 6.07) is 0. The van der Waals surface area contributed by atoms with Crippen molar-refractivity contribution < 1.29 is 0 Å². The van der Waals surface area contributed by atoms with Crippen LogP contribution in [0.2, 0.25) is 0 Å². The van der Waals surface area contributed by atoms with Gasteiger partial charge in [0, 0.05) is 13.6 Å². The number of rotatable bonds is 2. The van der Waals surface area contributed by atoms with Gasteiger partial charge < -0.3 is 10.6 Å². The zero-order chi connectivity index (χ0) is 7.56. The summed E-state index contributed by atoms with van der Waals surface area (Å²) < 4.78 is 0. The summed E-state index contributed by atoms with van der Waals surface area (Å²) >= 11 is 1.51. The van der Waals surface area contributed by atoms with Gasteiger partial charge in [0.25, 0.3) is 0 Å². The molecule has 56 valence electrons. The summed E-state index contributed by atoms with van der Waals surface area (Å²) in [5, 5.41) is 1.76. The summed E-state index contributed by atoms with van der Waals surface area (Å²) in [4.78, 5) is 6.16. The Morgan fingerprint density at radius 3 is 2.90 bits per heavy atom. The van der Waals surface area contributed by atoms with Gasteiger partial charge in [-0.3, -0.25) is 0 Å². The van der Waals surface area contributed by atoms with Crippen molar-refractivity contribution in [3.05, 3.63) is 6.20 Å². The van der Waals surface area contributed by atoms with Crippen molar-refractivity contribution in [2.75, 3.05) is 24.2 Å². The third-order valence-electron chi connectivity index (χ3n) is 1.31. The fourth-order valence-corrected chi connectivity index (χ4v) is 1.30. The number of nitrogens with two attached hydrogens (primary N) is 1. The van der Waals surface area contributed by atoms with E-state index in [1.807, 2.05) is 7.05 Å². The first-order valence-corrected chi connectivity index (χ1v) is 3.98. The SMILES string of the molecule is CCN(C)c1ncc(N)s1. The minimum absolute atomic E-state index is 0.773. The molecule has 0 saturated heterocycles. The molecule has 10 heavy (non-hydrogen) atoms. The first-order chi connectivity index (χ1) is 4.74. The van der Waals surface area contributed by atoms with E-state index in [1.54, 1.807) is 6.20 Å². The van der Waals surface area contributed by atoms with E-state index in [-0.39, 0.29) is 0 Å². The maximum atomic E-state index is 5.50. The Labute approximate surface area is 64.5 Å². The quantitative estimate of drug-likeness (QED) is 0.701. The van der Waals surface area contributed by atoms with Gasteiger partial charge in [-0.15, -0.1) is 0 Å². The molecule has 4 heteroatoms. The molecule has 0 fully saturated rings. The summed E-state index contributed by atoms with van der Waals surface area (Å²) in [6.07, 6.45) is 1.69. The summed E-state index contributed by atoms with van der Waals surface area (Å²) in [7, 11) is 2.00. The topological polar surface area (TPSA) is 42.2 Å². The van der Waals surface area contributed by atoms with Gasteiger partial charge in [0.1, 0.15) is 5.00 Å². The standard InChI is InChI=1S/C6H11N3S/c1-3-9(2)6-8-4-5(7)10-6/h4H,3,7H2,1-2H3. The second-order valence-electron chi connectivity index (χ2n) is 2.06. The van der Waals surface area contributed by atoms with Crippen molar-refractivity contribution in [1.29, 1.82) is 0 Å². The molecule has 0 aliphatic carbocycles. The van der Waals surface area contributed by atoms with E-state index in [0.717, 1.165) is 16.7 Å². The van der Waals surface area contributed by atoms with Crippen molar-refractivity contribution in [1.82, 2.24) is 4.98 Å². The van der Waals surface area contributed by atoms with E-state index >= 15 is 0 Å². The van der Waals surface area contributed by atoms with Gasteiger partial charge in [-0.05, 0) is 6.92 Å². The van der Waals surface area contributed by atoms with Crippen LogP contribution >= 0.6 is 11.3 Å². The lowest BCUT2D eigenvalue weighted by Crippen LogP contribution is -2.14. The molecule has 0 atom stereocenters. The first kappa shape index (κ1) is 7.34. The molecule has 1 aromatic heterocycles. The molecule has 0 aromatic carbocycles. The molecule has 0 amide bonds. The lowest BCUT2D eigenvalue weighted by atomic mass is 10.7. The van der Waals surface area contributed by atoms with Crippen LogP contribution in [0.5, 0.6) is 0 Å². The van der Waals surface area contributed by atoms with Gasteiger partial charge >= 0.3 is 0 Å². The van der Waals surface area contributed by atoms with Gasteiger partial charge in [-0.1, -0.05) is 11.3 Å². The number of aromatic nitrogens is 1. The van der Waals surface area contributed by atoms with E-state index in [1.165, 1.54) is 11.3 Å². The monoisotopic (exact) mass is 157 g/mol. The highest BCUT2D eigenvalue weighted by Crippen LogP contribution is 2.22. The lowest BCUT2D eigenvalue weighted by Gasteiger charge is -2.10. The smallest absolute Gasteiger partial charge is 0.186 e. The highest BCUT2D eigenvalue weighted by Gasteiger charge is 2.01. The molecule has 0 aliphatic rings. The van der Waals surface area contributed by atoms with Gasteiger partial charge in [0.2, 0.25) is 0 Å². The van der Waals surface area contributed by atoms with Crippen LogP contribution in [0.15, 0.2) is 6.20 Å². The van der Waals surface area contributed by atoms with Crippen LogP contribution in [0.4, 0.5) is 10.1 Å². The van der Waals surface area contributed by atoms with Crippen LogP contribution in [0.1, 0.15) is 6.92 Å². The van der Waals surface area contributed by atoms with E-state index in [4.69, 9.17) is 5.73 Å². The van der Waals surface area contributed by atoms with E-state index in [0.29, 0.717) is 0 Å². The fraction of sp³-hybridized carbons (Fsp3) is 0.500. The van der Waals surface area contributed by atoms with E-state index < -0.39 is 0 Å². The van der Waals surface area contributed by atoms with Crippen LogP contribution in [0.25, 0.3) is 0 Å². The van der Waals surface area contributed by atoms with Crippen molar-refractivity contribution in [2.45, 2.75) is 6.92 Å². The average molecular weight is 157 g/mol. The highest BCUT2D eigenvalue weighted by molar-refractivity contribution is 7.19. The molecule has 0 unspecified atom stereocenters. The number of thiazole rings is 1. The number of nitrogen functional groups attached to an aromatic ring is 1. The largest absolute Gasteiger partial charge is 0.389 e. The Kier molecular flexibility index (Phi) is 2.11. The third kappa shape index (κ3) is 1.39. The van der Waals surface area contributed by atoms with Gasteiger partial charge in [0.15, 0.2) is 5.13 Å². The molecule has 0 saturated carbocycles. The van der Waals surface area contributed by atoms with Crippen molar-refractivity contribution in [3.8, 4) is 0 Å². The zero-order valence-electron chi connectivity index (χ0n) is 6.16. The van der Waals surface area contributed by atoms with E-state index in [2.05, 4.69) is 16.8 Å². The molecule has 0 spiro atoms. The maximum Gasteiger partial charge on any atom is 0.186 e. The summed E-state index contributed by atoms with van der Waals surface area (Å²) in [6.45, 7) is 3.05. The second kappa shape index (κ2) is 2.88. The van der Waals surface area contributed by atoms with Crippen LogP contribution in [0, 0.1) is 0 Å². The predicted molar refractivity (Wildman–Crippen MR) is 45.5 cm³/mol. The summed E-state index contributed by atoms with van der Waals surface area (Å²) in [5.41, 5.74) is 5.50. The number of nitrogens with zero attached hydrogens (tertiary/aromatic N) is 2. The third-order valence-corrected chi connectivity index (χ3v) is 2.25. The summed E-state index contributed by atoms with van der Waals surface area (Å²) in [5.74, 6) is 0. The number of anilines is 2. The van der Waals surface area contributed by atoms with Crippen LogP contribution in [0.3, 0.4) is 0 Å². The van der Waals surface area contributed by atoms with Gasteiger partial charge in [-0.25, -0.2) is 4.98 Å². The predicted octanol–water partition coefficient (Wildman–Crippen LogP) is 1.18. The van der Waals surface area contributed by atoms with Crippen molar-refractivity contribution >= 4 is 21.5 Å². The van der Waals surface area contributed by atoms with Crippen LogP contribution in [-0.2, 0) is 0 Å². The minimum atomic E-state index is 0.773. The van der Waals surface area contributed by atoms with Crippen molar-refractivity contribution in [2.24, 2.45) is 0 Å². The van der Waals surface area contributed by atoms with Gasteiger partial charge in [0.05, 0.1) is 6.20 Å². The molecule has 1 aromatic rings. The number of hydrogen-bond acceptors (Lipinski definition) is 4. The molecular weight excluding hydrogens is 146 g/mol. The van der Waals surface area contributed by atoms with Crippen molar-refractivity contribution in [3.63, 3.8) is 0 Å². The average Bonchev–Trinajstić information content (AvgIpc) is 2.34. The maximum absolute atomic E-state index is 5.50. The second-order valence-corrected chi connectivity index (χ2v) is 3.10. The molecule has 3 nitrogen and oxygen atoms in total. The Morgan fingerprint density at radius 2 is 2.50 bits per heavy atom. The molecule has 0 aliphatic heterocycles. The molecule has 2 N–H and O–H groups in total. The highest BCUT2D eigenvalue weighted by atomic mass is 32.1. The molecule has 1 heterocycles. The number of hydrogen-bond donors (Lipinski definition) is 1. The molecule has 0 bridgehead atoms. The Hall–Kier alpha value is -0.770. The van der Waals surface area contributed by atoms with E-state index in [9.17, 15) is 0 Å². The molecule has 0 radical (unpaired) electrons. The van der Waals surface area contributed by atoms with Gasteiger partial charge in [-0.2, -0.15) is 0 Å². The Morgan fingerprint density at radius 1 is 1.80 bits per heavy atom. The Balaban J connectivity index is 2.74. The minimum Gasteiger partial charge on any atom is -0.389 e. The first-order valence-electron chi connectivity index (χ1n) is 3.16. The molecular formula is C6H11N3S. The lowest BCUT2D eigenvalue weighted by molar-refractivity contribution is 0.958. The zero-order valence-corrected chi connectivity index (χ0v) is 6.98. The Bertz CT molecular complexity index is 209.